The molecule has 0 aliphatic carbocycles. The molecule has 2 amide bonds. The van der Waals surface area contributed by atoms with Gasteiger partial charge in [-0.2, -0.15) is 0 Å². The third-order valence-electron chi connectivity index (χ3n) is 4.57. The third kappa shape index (κ3) is 6.84. The highest BCUT2D eigenvalue weighted by Gasteiger charge is 2.27. The Labute approximate surface area is 191 Å². The summed E-state index contributed by atoms with van der Waals surface area (Å²) in [6.07, 6.45) is 0. The number of nitro benzene ring substituents is 1. The Morgan fingerprint density at radius 1 is 1.16 bits per heavy atom. The Balaban J connectivity index is 2.18. The van der Waals surface area contributed by atoms with E-state index in [1.54, 1.807) is 31.2 Å². The topological polar surface area (TPSA) is 111 Å². The lowest BCUT2D eigenvalue weighted by atomic mass is 10.1. The van der Waals surface area contributed by atoms with Gasteiger partial charge in [-0.25, -0.2) is 0 Å². The predicted octanol–water partition coefficient (Wildman–Crippen LogP) is 3.58. The summed E-state index contributed by atoms with van der Waals surface area (Å²) in [6.45, 7) is 5.12. The van der Waals surface area contributed by atoms with Crippen molar-refractivity contribution in [3.8, 4) is 11.5 Å². The number of halogens is 1. The van der Waals surface area contributed by atoms with Crippen LogP contribution in [-0.4, -0.2) is 47.4 Å². The number of nitro groups is 1. The maximum Gasteiger partial charge on any atom is 0.311 e. The number of benzene rings is 2. The SMILES string of the molecule is COc1cc(OCC(=O)N(Cc2ccc(Cl)cc2)[C@@H](C)C(=O)NC(C)C)ccc1[N+](=O)[O-]. The van der Waals surface area contributed by atoms with Gasteiger partial charge in [0, 0.05) is 29.7 Å². The van der Waals surface area contributed by atoms with Crippen molar-refractivity contribution in [2.45, 2.75) is 39.4 Å². The lowest BCUT2D eigenvalue weighted by Gasteiger charge is -2.29. The molecule has 0 bridgehead atoms. The van der Waals surface area contributed by atoms with Crippen LogP contribution in [0.1, 0.15) is 26.3 Å². The third-order valence-corrected chi connectivity index (χ3v) is 4.83. The number of hydrogen-bond donors (Lipinski definition) is 1. The molecule has 0 aliphatic rings. The summed E-state index contributed by atoms with van der Waals surface area (Å²) in [5, 5.41) is 14.4. The molecule has 0 radical (unpaired) electrons. The van der Waals surface area contributed by atoms with Crippen molar-refractivity contribution in [2.24, 2.45) is 0 Å². The number of carbonyl (C=O) groups is 2. The molecule has 0 saturated carbocycles. The number of ether oxygens (including phenoxy) is 2. The average molecular weight is 464 g/mol. The Morgan fingerprint density at radius 3 is 2.38 bits per heavy atom. The zero-order valence-corrected chi connectivity index (χ0v) is 19.1. The molecule has 2 aromatic rings. The van der Waals surface area contributed by atoms with Crippen molar-refractivity contribution in [1.82, 2.24) is 10.2 Å². The first kappa shape index (κ1) is 24.9. The molecule has 32 heavy (non-hydrogen) atoms. The summed E-state index contributed by atoms with van der Waals surface area (Å²) in [7, 11) is 1.31. The number of carbonyl (C=O) groups excluding carboxylic acids is 2. The molecule has 0 unspecified atom stereocenters. The van der Waals surface area contributed by atoms with Gasteiger partial charge in [-0.15, -0.1) is 0 Å². The van der Waals surface area contributed by atoms with E-state index in [1.807, 2.05) is 13.8 Å². The molecule has 9 nitrogen and oxygen atoms in total. The zero-order chi connectivity index (χ0) is 23.8. The van der Waals surface area contributed by atoms with Crippen LogP contribution < -0.4 is 14.8 Å². The van der Waals surface area contributed by atoms with E-state index < -0.39 is 16.9 Å². The van der Waals surface area contributed by atoms with Gasteiger partial charge in [0.1, 0.15) is 11.8 Å². The monoisotopic (exact) mass is 463 g/mol. The molecule has 0 aliphatic heterocycles. The molecular weight excluding hydrogens is 438 g/mol. The van der Waals surface area contributed by atoms with E-state index in [1.165, 1.54) is 30.2 Å². The van der Waals surface area contributed by atoms with Crippen LogP contribution in [-0.2, 0) is 16.1 Å². The molecule has 2 aromatic carbocycles. The van der Waals surface area contributed by atoms with Gasteiger partial charge in [0.2, 0.25) is 11.7 Å². The second-order valence-electron chi connectivity index (χ2n) is 7.37. The van der Waals surface area contributed by atoms with E-state index in [-0.39, 0.29) is 42.3 Å². The van der Waals surface area contributed by atoms with Gasteiger partial charge >= 0.3 is 5.69 Å². The van der Waals surface area contributed by atoms with Gasteiger partial charge in [0.15, 0.2) is 6.61 Å². The second kappa shape index (κ2) is 11.3. The number of hydrogen-bond acceptors (Lipinski definition) is 6. The first-order chi connectivity index (χ1) is 15.1. The maximum atomic E-state index is 13.0. The minimum Gasteiger partial charge on any atom is -0.490 e. The minimum atomic E-state index is -0.754. The van der Waals surface area contributed by atoms with Gasteiger partial charge in [-0.1, -0.05) is 23.7 Å². The number of amides is 2. The fraction of sp³-hybridized carbons (Fsp3) is 0.364. The molecule has 0 fully saturated rings. The van der Waals surface area contributed by atoms with Crippen molar-refractivity contribution >= 4 is 29.1 Å². The quantitative estimate of drug-likeness (QED) is 0.426. The number of nitrogens with one attached hydrogen (secondary N) is 1. The minimum absolute atomic E-state index is 0.0163. The summed E-state index contributed by atoms with van der Waals surface area (Å²) >= 11 is 5.94. The van der Waals surface area contributed by atoms with E-state index >= 15 is 0 Å². The van der Waals surface area contributed by atoms with Gasteiger partial charge in [0.25, 0.3) is 5.91 Å². The standard InChI is InChI=1S/C22H26ClN3O6/c1-14(2)24-22(28)15(3)25(12-16-5-7-17(23)8-6-16)21(27)13-32-18-9-10-19(26(29)30)20(11-18)31-4/h5-11,14-15H,12-13H2,1-4H3,(H,24,28)/t15-/m0/s1. The van der Waals surface area contributed by atoms with Crippen LogP contribution >= 0.6 is 11.6 Å². The van der Waals surface area contributed by atoms with E-state index in [9.17, 15) is 19.7 Å². The van der Waals surface area contributed by atoms with Crippen molar-refractivity contribution < 1.29 is 24.0 Å². The smallest absolute Gasteiger partial charge is 0.311 e. The number of nitrogens with zero attached hydrogens (tertiary/aromatic N) is 2. The first-order valence-electron chi connectivity index (χ1n) is 9.92. The summed E-state index contributed by atoms with van der Waals surface area (Å²) in [6, 6.07) is 10.1. The van der Waals surface area contributed by atoms with E-state index in [0.29, 0.717) is 5.02 Å². The maximum absolute atomic E-state index is 13.0. The molecular formula is C22H26ClN3O6. The van der Waals surface area contributed by atoms with Gasteiger partial charge < -0.3 is 19.7 Å². The Bertz CT molecular complexity index is 965. The molecule has 2 rings (SSSR count). The molecule has 0 heterocycles. The van der Waals surface area contributed by atoms with Crippen LogP contribution in [0.3, 0.4) is 0 Å². The summed E-state index contributed by atoms with van der Waals surface area (Å²) in [5.74, 6) is -0.475. The molecule has 10 heteroatoms. The molecule has 172 valence electrons. The fourth-order valence-electron chi connectivity index (χ4n) is 2.90. The average Bonchev–Trinajstić information content (AvgIpc) is 2.75. The van der Waals surface area contributed by atoms with E-state index in [4.69, 9.17) is 21.1 Å². The lowest BCUT2D eigenvalue weighted by Crippen LogP contribution is -2.50. The molecule has 0 saturated heterocycles. The Kier molecular flexibility index (Phi) is 8.83. The summed E-state index contributed by atoms with van der Waals surface area (Å²) < 4.78 is 10.6. The van der Waals surface area contributed by atoms with Crippen molar-refractivity contribution in [3.05, 3.63) is 63.2 Å². The predicted molar refractivity (Wildman–Crippen MR) is 120 cm³/mol. The van der Waals surface area contributed by atoms with Crippen LogP contribution in [0.4, 0.5) is 5.69 Å². The van der Waals surface area contributed by atoms with E-state index in [2.05, 4.69) is 5.32 Å². The molecule has 0 spiro atoms. The van der Waals surface area contributed by atoms with E-state index in [0.717, 1.165) is 5.56 Å². The van der Waals surface area contributed by atoms with Crippen molar-refractivity contribution in [2.75, 3.05) is 13.7 Å². The number of methoxy groups -OCH3 is 1. The summed E-state index contributed by atoms with van der Waals surface area (Å²) in [4.78, 5) is 37.4. The largest absolute Gasteiger partial charge is 0.490 e. The van der Waals surface area contributed by atoms with Gasteiger partial charge in [0.05, 0.1) is 12.0 Å². The summed E-state index contributed by atoms with van der Waals surface area (Å²) in [5.41, 5.74) is 0.582. The van der Waals surface area contributed by atoms with Gasteiger partial charge in [-0.3, -0.25) is 19.7 Å². The van der Waals surface area contributed by atoms with Crippen LogP contribution in [0, 0.1) is 10.1 Å². The Morgan fingerprint density at radius 2 is 1.81 bits per heavy atom. The molecule has 1 atom stereocenters. The highest BCUT2D eigenvalue weighted by Crippen LogP contribution is 2.30. The Hall–Kier alpha value is -3.33. The lowest BCUT2D eigenvalue weighted by molar-refractivity contribution is -0.385. The second-order valence-corrected chi connectivity index (χ2v) is 7.80. The molecule has 0 aromatic heterocycles. The highest BCUT2D eigenvalue weighted by molar-refractivity contribution is 6.30. The van der Waals surface area contributed by atoms with Crippen molar-refractivity contribution in [3.63, 3.8) is 0 Å². The van der Waals surface area contributed by atoms with Crippen LogP contribution in [0.25, 0.3) is 0 Å². The fourth-order valence-corrected chi connectivity index (χ4v) is 3.03. The molecule has 1 N–H and O–H groups in total. The van der Waals surface area contributed by atoms with Crippen LogP contribution in [0.5, 0.6) is 11.5 Å². The first-order valence-corrected chi connectivity index (χ1v) is 10.3. The van der Waals surface area contributed by atoms with Gasteiger partial charge in [-0.05, 0) is 44.5 Å². The zero-order valence-electron chi connectivity index (χ0n) is 18.3. The number of rotatable bonds is 10. The highest BCUT2D eigenvalue weighted by atomic mass is 35.5. The van der Waals surface area contributed by atoms with Crippen LogP contribution in [0.2, 0.25) is 5.02 Å². The normalized spacial score (nSPS) is 11.6. The van der Waals surface area contributed by atoms with Crippen LogP contribution in [0.15, 0.2) is 42.5 Å². The van der Waals surface area contributed by atoms with Crippen molar-refractivity contribution in [1.29, 1.82) is 0 Å².